The van der Waals surface area contributed by atoms with Gasteiger partial charge in [0.2, 0.25) is 0 Å². The number of aromatic carboxylic acids is 1. The number of nitrogens with zero attached hydrogens (tertiary/aromatic N) is 2. The Morgan fingerprint density at radius 1 is 1.42 bits per heavy atom. The van der Waals surface area contributed by atoms with Crippen LogP contribution in [0.25, 0.3) is 0 Å². The van der Waals surface area contributed by atoms with E-state index in [0.717, 1.165) is 12.8 Å². The molecule has 106 valence electrons. The molecule has 6 nitrogen and oxygen atoms in total. The molecule has 0 aliphatic heterocycles. The molecule has 1 aliphatic rings. The minimum Gasteiger partial charge on any atom is -0.476 e. The first-order valence-electron chi connectivity index (χ1n) is 6.74. The van der Waals surface area contributed by atoms with Crippen LogP contribution in [0, 0.1) is 0 Å². The first-order chi connectivity index (χ1) is 9.20. The number of rotatable bonds is 6. The topological polar surface area (TPSA) is 86.8 Å². The van der Waals surface area contributed by atoms with E-state index in [4.69, 9.17) is 14.7 Å². The fourth-order valence-corrected chi connectivity index (χ4v) is 2.65. The monoisotopic (exact) mass is 268 g/mol. The lowest BCUT2D eigenvalue weighted by Crippen LogP contribution is -2.38. The molecule has 1 aromatic heterocycles. The van der Waals surface area contributed by atoms with Crippen LogP contribution < -0.4 is 0 Å². The van der Waals surface area contributed by atoms with E-state index in [-0.39, 0.29) is 12.3 Å². The zero-order valence-electron chi connectivity index (χ0n) is 10.9. The van der Waals surface area contributed by atoms with Gasteiger partial charge in [-0.3, -0.25) is 4.90 Å². The molecule has 6 heteroatoms. The standard InChI is InChI=1S/C13H20N2O4/c16-7-6-15(10-4-2-1-3-5-10)9-11-8-12(13(17)18)14-19-11/h8,10,16H,1-7,9H2,(H,17,18). The minimum atomic E-state index is -1.08. The van der Waals surface area contributed by atoms with E-state index in [0.29, 0.717) is 24.9 Å². The van der Waals surface area contributed by atoms with E-state index in [1.165, 1.54) is 25.3 Å². The first kappa shape index (κ1) is 14.0. The van der Waals surface area contributed by atoms with Crippen LogP contribution in [-0.2, 0) is 6.54 Å². The SMILES string of the molecule is O=C(O)c1cc(CN(CCO)C2CCCCC2)on1. The zero-order valence-corrected chi connectivity index (χ0v) is 10.9. The number of aromatic nitrogens is 1. The van der Waals surface area contributed by atoms with E-state index in [2.05, 4.69) is 10.1 Å². The fraction of sp³-hybridized carbons (Fsp3) is 0.692. The van der Waals surface area contributed by atoms with Crippen molar-refractivity contribution in [3.63, 3.8) is 0 Å². The lowest BCUT2D eigenvalue weighted by molar-refractivity contribution is 0.0685. The second kappa shape index (κ2) is 6.68. The molecule has 0 atom stereocenters. The maximum absolute atomic E-state index is 10.8. The van der Waals surface area contributed by atoms with Gasteiger partial charge in [0.25, 0.3) is 0 Å². The number of hydrogen-bond donors (Lipinski definition) is 2. The molecule has 2 N–H and O–H groups in total. The largest absolute Gasteiger partial charge is 0.476 e. The molecule has 2 rings (SSSR count). The third-order valence-electron chi connectivity index (χ3n) is 3.62. The van der Waals surface area contributed by atoms with Crippen LogP contribution in [-0.4, -0.2) is 45.4 Å². The average Bonchev–Trinajstić information content (AvgIpc) is 2.88. The molecule has 1 fully saturated rings. The van der Waals surface area contributed by atoms with E-state index in [1.54, 1.807) is 0 Å². The number of carboxylic acids is 1. The van der Waals surface area contributed by atoms with Crippen molar-refractivity contribution in [2.75, 3.05) is 13.2 Å². The molecule has 0 aromatic carbocycles. The molecule has 1 aromatic rings. The van der Waals surface area contributed by atoms with E-state index >= 15 is 0 Å². The van der Waals surface area contributed by atoms with Gasteiger partial charge in [0.1, 0.15) is 0 Å². The van der Waals surface area contributed by atoms with Crippen molar-refractivity contribution in [2.24, 2.45) is 0 Å². The Bertz CT molecular complexity index is 413. The summed E-state index contributed by atoms with van der Waals surface area (Å²) in [6, 6.07) is 1.90. The maximum Gasteiger partial charge on any atom is 0.358 e. The van der Waals surface area contributed by atoms with Crippen LogP contribution in [0.4, 0.5) is 0 Å². The van der Waals surface area contributed by atoms with Crippen molar-refractivity contribution in [1.29, 1.82) is 0 Å². The van der Waals surface area contributed by atoms with Crippen LogP contribution in [0.2, 0.25) is 0 Å². The molecule has 1 heterocycles. The Morgan fingerprint density at radius 3 is 2.74 bits per heavy atom. The summed E-state index contributed by atoms with van der Waals surface area (Å²) in [6.45, 7) is 1.18. The van der Waals surface area contributed by atoms with Gasteiger partial charge < -0.3 is 14.7 Å². The van der Waals surface area contributed by atoms with Crippen molar-refractivity contribution in [2.45, 2.75) is 44.7 Å². The molecule has 1 aliphatic carbocycles. The van der Waals surface area contributed by atoms with Crippen LogP contribution >= 0.6 is 0 Å². The van der Waals surface area contributed by atoms with Gasteiger partial charge >= 0.3 is 5.97 Å². The molecule has 0 spiro atoms. The molecule has 1 saturated carbocycles. The molecule has 0 radical (unpaired) electrons. The highest BCUT2D eigenvalue weighted by molar-refractivity contribution is 5.85. The third kappa shape index (κ3) is 3.78. The number of hydrogen-bond acceptors (Lipinski definition) is 5. The molecule has 0 unspecified atom stereocenters. The number of carbonyl (C=O) groups is 1. The number of carboxylic acid groups (broad SMARTS) is 1. The van der Waals surface area contributed by atoms with E-state index in [1.807, 2.05) is 0 Å². The summed E-state index contributed by atoms with van der Waals surface area (Å²) >= 11 is 0. The van der Waals surface area contributed by atoms with Gasteiger partial charge in [-0.1, -0.05) is 24.4 Å². The predicted molar refractivity (Wildman–Crippen MR) is 67.8 cm³/mol. The highest BCUT2D eigenvalue weighted by Crippen LogP contribution is 2.24. The van der Waals surface area contributed by atoms with Crippen molar-refractivity contribution >= 4 is 5.97 Å². The van der Waals surface area contributed by atoms with Crippen molar-refractivity contribution in [1.82, 2.24) is 10.1 Å². The second-order valence-corrected chi connectivity index (χ2v) is 4.97. The third-order valence-corrected chi connectivity index (χ3v) is 3.62. The van der Waals surface area contributed by atoms with Gasteiger partial charge in [-0.2, -0.15) is 0 Å². The van der Waals surface area contributed by atoms with Crippen LogP contribution in [0.1, 0.15) is 48.4 Å². The van der Waals surface area contributed by atoms with Gasteiger partial charge in [0.15, 0.2) is 11.5 Å². The number of aliphatic hydroxyl groups excluding tert-OH is 1. The summed E-state index contributed by atoms with van der Waals surface area (Å²) < 4.78 is 5.04. The van der Waals surface area contributed by atoms with Crippen molar-refractivity contribution in [3.05, 3.63) is 17.5 Å². The highest BCUT2D eigenvalue weighted by atomic mass is 16.5. The Morgan fingerprint density at radius 2 is 2.16 bits per heavy atom. The normalized spacial score (nSPS) is 16.9. The summed E-state index contributed by atoms with van der Waals surface area (Å²) in [5.74, 6) is -0.544. The average molecular weight is 268 g/mol. The first-order valence-corrected chi connectivity index (χ1v) is 6.74. The van der Waals surface area contributed by atoms with Gasteiger partial charge in [-0.05, 0) is 12.8 Å². The van der Waals surface area contributed by atoms with Crippen molar-refractivity contribution < 1.29 is 19.5 Å². The van der Waals surface area contributed by atoms with Gasteiger partial charge in [0.05, 0.1) is 13.2 Å². The van der Waals surface area contributed by atoms with E-state index < -0.39 is 5.97 Å². The molecular formula is C13H20N2O4. The highest BCUT2D eigenvalue weighted by Gasteiger charge is 2.22. The van der Waals surface area contributed by atoms with Crippen LogP contribution in [0.5, 0.6) is 0 Å². The smallest absolute Gasteiger partial charge is 0.358 e. The Kier molecular flexibility index (Phi) is 4.93. The zero-order chi connectivity index (χ0) is 13.7. The lowest BCUT2D eigenvalue weighted by Gasteiger charge is -2.33. The maximum atomic E-state index is 10.8. The van der Waals surface area contributed by atoms with Crippen molar-refractivity contribution in [3.8, 4) is 0 Å². The minimum absolute atomic E-state index is 0.0670. The molecule has 0 amide bonds. The lowest BCUT2D eigenvalue weighted by atomic mass is 9.94. The Hall–Kier alpha value is -1.40. The summed E-state index contributed by atoms with van der Waals surface area (Å²) in [4.78, 5) is 12.9. The summed E-state index contributed by atoms with van der Waals surface area (Å²) in [5.41, 5.74) is -0.0670. The Labute approximate surface area is 112 Å². The Balaban J connectivity index is 2.00. The van der Waals surface area contributed by atoms with Gasteiger partial charge in [-0.15, -0.1) is 0 Å². The molecule has 0 saturated heterocycles. The van der Waals surface area contributed by atoms with Gasteiger partial charge in [0, 0.05) is 18.7 Å². The molecular weight excluding hydrogens is 248 g/mol. The van der Waals surface area contributed by atoms with Gasteiger partial charge in [-0.25, -0.2) is 4.79 Å². The fourth-order valence-electron chi connectivity index (χ4n) is 2.65. The summed E-state index contributed by atoms with van der Waals surface area (Å²) in [7, 11) is 0. The summed E-state index contributed by atoms with van der Waals surface area (Å²) in [6.07, 6.45) is 5.95. The van der Waals surface area contributed by atoms with Crippen LogP contribution in [0.3, 0.4) is 0 Å². The summed E-state index contributed by atoms with van der Waals surface area (Å²) in [5, 5.41) is 21.5. The molecule has 19 heavy (non-hydrogen) atoms. The second-order valence-electron chi connectivity index (χ2n) is 4.97. The number of aliphatic hydroxyl groups is 1. The quantitative estimate of drug-likeness (QED) is 0.813. The van der Waals surface area contributed by atoms with Crippen LogP contribution in [0.15, 0.2) is 10.6 Å². The van der Waals surface area contributed by atoms with E-state index in [9.17, 15) is 4.79 Å². The molecule has 0 bridgehead atoms. The predicted octanol–water partition coefficient (Wildman–Crippen LogP) is 1.50.